The first-order valence-corrected chi connectivity index (χ1v) is 6.70. The van der Waals surface area contributed by atoms with E-state index in [4.69, 9.17) is 21.4 Å². The molecule has 0 saturated heterocycles. The molecule has 0 spiro atoms. The number of benzene rings is 1. The van der Waals surface area contributed by atoms with E-state index >= 15 is 0 Å². The summed E-state index contributed by atoms with van der Waals surface area (Å²) >= 11 is 5.91. The minimum absolute atomic E-state index is 0.0230. The number of amides is 1. The van der Waals surface area contributed by atoms with Crippen molar-refractivity contribution >= 4 is 17.5 Å². The summed E-state index contributed by atoms with van der Waals surface area (Å²) in [4.78, 5) is 12.0. The van der Waals surface area contributed by atoms with Gasteiger partial charge in [0.2, 0.25) is 0 Å². The highest BCUT2D eigenvalue weighted by Crippen LogP contribution is 2.23. The van der Waals surface area contributed by atoms with Gasteiger partial charge in [-0.25, -0.2) is 0 Å². The van der Waals surface area contributed by atoms with Gasteiger partial charge in [-0.1, -0.05) is 11.6 Å². The first kappa shape index (κ1) is 15.8. The number of halogens is 1. The van der Waals surface area contributed by atoms with Gasteiger partial charge in [-0.05, 0) is 45.4 Å². The van der Waals surface area contributed by atoms with Crippen LogP contribution in [0.5, 0.6) is 5.75 Å². The zero-order valence-electron chi connectivity index (χ0n) is 11.4. The molecule has 1 atom stereocenters. The topological polar surface area (TPSA) is 58.6 Å². The van der Waals surface area contributed by atoms with E-state index in [-0.39, 0.29) is 12.0 Å². The standard InChI is InChI=1S/C14H20ClNO3/c1-9(2)19-13-5-4-11(15)8-12(13)14(18)16-7-6-10(3)17/h4-5,8-10,17H,6-7H2,1-3H3,(H,16,18). The number of nitrogens with one attached hydrogen (secondary N) is 1. The van der Waals surface area contributed by atoms with Crippen molar-refractivity contribution in [2.45, 2.75) is 39.4 Å². The smallest absolute Gasteiger partial charge is 0.255 e. The van der Waals surface area contributed by atoms with E-state index in [1.807, 2.05) is 13.8 Å². The number of ether oxygens (including phenoxy) is 1. The average molecular weight is 286 g/mol. The number of aliphatic hydroxyl groups excluding tert-OH is 1. The molecule has 2 N–H and O–H groups in total. The van der Waals surface area contributed by atoms with E-state index in [0.29, 0.717) is 29.3 Å². The molecule has 0 aliphatic carbocycles. The molecule has 0 radical (unpaired) electrons. The Morgan fingerprint density at radius 3 is 2.68 bits per heavy atom. The maximum Gasteiger partial charge on any atom is 0.255 e. The molecular formula is C14H20ClNO3. The Kier molecular flexibility index (Phi) is 6.12. The van der Waals surface area contributed by atoms with Gasteiger partial charge >= 0.3 is 0 Å². The molecule has 0 heterocycles. The van der Waals surface area contributed by atoms with E-state index in [1.54, 1.807) is 25.1 Å². The van der Waals surface area contributed by atoms with E-state index in [9.17, 15) is 4.79 Å². The van der Waals surface area contributed by atoms with Crippen LogP contribution in [0.2, 0.25) is 5.02 Å². The number of hydrogen-bond donors (Lipinski definition) is 2. The summed E-state index contributed by atoms with van der Waals surface area (Å²) in [5.41, 5.74) is 0.409. The quantitative estimate of drug-likeness (QED) is 0.845. The van der Waals surface area contributed by atoms with Gasteiger partial charge in [0.25, 0.3) is 5.91 Å². The van der Waals surface area contributed by atoms with Gasteiger partial charge in [-0.2, -0.15) is 0 Å². The fourth-order valence-corrected chi connectivity index (χ4v) is 1.70. The summed E-state index contributed by atoms with van der Waals surface area (Å²) in [6.45, 7) is 5.87. The fraction of sp³-hybridized carbons (Fsp3) is 0.500. The number of hydrogen-bond acceptors (Lipinski definition) is 3. The number of aliphatic hydroxyl groups is 1. The molecule has 0 aliphatic heterocycles. The summed E-state index contributed by atoms with van der Waals surface area (Å²) < 4.78 is 5.58. The largest absolute Gasteiger partial charge is 0.490 e. The van der Waals surface area contributed by atoms with E-state index in [0.717, 1.165) is 0 Å². The van der Waals surface area contributed by atoms with Crippen LogP contribution >= 0.6 is 11.6 Å². The Labute approximate surface area is 118 Å². The van der Waals surface area contributed by atoms with Crippen LogP contribution in [0.25, 0.3) is 0 Å². The zero-order chi connectivity index (χ0) is 14.4. The van der Waals surface area contributed by atoms with Crippen LogP contribution in [0, 0.1) is 0 Å². The van der Waals surface area contributed by atoms with E-state index < -0.39 is 6.10 Å². The van der Waals surface area contributed by atoms with Crippen molar-refractivity contribution in [1.29, 1.82) is 0 Å². The molecular weight excluding hydrogens is 266 g/mol. The minimum Gasteiger partial charge on any atom is -0.490 e. The van der Waals surface area contributed by atoms with E-state index in [1.165, 1.54) is 0 Å². The van der Waals surface area contributed by atoms with Crippen molar-refractivity contribution in [3.8, 4) is 5.75 Å². The summed E-state index contributed by atoms with van der Waals surface area (Å²) in [6, 6.07) is 4.95. The molecule has 1 rings (SSSR count). The first-order valence-electron chi connectivity index (χ1n) is 6.32. The Bertz CT molecular complexity index is 433. The molecule has 0 saturated carbocycles. The second kappa shape index (κ2) is 7.36. The number of rotatable bonds is 6. The number of carbonyl (C=O) groups is 1. The Morgan fingerprint density at radius 1 is 1.42 bits per heavy atom. The molecule has 0 aliphatic rings. The highest BCUT2D eigenvalue weighted by atomic mass is 35.5. The van der Waals surface area contributed by atoms with Crippen molar-refractivity contribution in [1.82, 2.24) is 5.32 Å². The minimum atomic E-state index is -0.439. The van der Waals surface area contributed by atoms with Gasteiger partial charge in [-0.15, -0.1) is 0 Å². The van der Waals surface area contributed by atoms with Gasteiger partial charge < -0.3 is 15.2 Å². The Hall–Kier alpha value is -1.26. The van der Waals surface area contributed by atoms with E-state index in [2.05, 4.69) is 5.32 Å². The van der Waals surface area contributed by atoms with Gasteiger partial charge in [0.1, 0.15) is 5.75 Å². The molecule has 1 aromatic carbocycles. The summed E-state index contributed by atoms with van der Waals surface area (Å²) in [5, 5.41) is 12.4. The Morgan fingerprint density at radius 2 is 2.11 bits per heavy atom. The molecule has 106 valence electrons. The fourth-order valence-electron chi connectivity index (χ4n) is 1.53. The average Bonchev–Trinajstić information content (AvgIpc) is 2.30. The molecule has 19 heavy (non-hydrogen) atoms. The van der Waals surface area contributed by atoms with Crippen molar-refractivity contribution < 1.29 is 14.6 Å². The second-order valence-electron chi connectivity index (χ2n) is 4.70. The summed E-state index contributed by atoms with van der Waals surface area (Å²) in [6.07, 6.45) is 0.0448. The molecule has 1 unspecified atom stereocenters. The molecule has 0 aromatic heterocycles. The first-order chi connectivity index (χ1) is 8.90. The lowest BCUT2D eigenvalue weighted by atomic mass is 10.1. The number of carbonyl (C=O) groups excluding carboxylic acids is 1. The van der Waals surface area contributed by atoms with Crippen LogP contribution in [0.4, 0.5) is 0 Å². The van der Waals surface area contributed by atoms with Crippen LogP contribution in [-0.4, -0.2) is 29.8 Å². The second-order valence-corrected chi connectivity index (χ2v) is 5.14. The lowest BCUT2D eigenvalue weighted by Gasteiger charge is -2.14. The third kappa shape index (κ3) is 5.49. The SMILES string of the molecule is CC(O)CCNC(=O)c1cc(Cl)ccc1OC(C)C. The lowest BCUT2D eigenvalue weighted by Crippen LogP contribution is -2.27. The summed E-state index contributed by atoms with van der Waals surface area (Å²) in [7, 11) is 0. The molecule has 4 nitrogen and oxygen atoms in total. The molecule has 0 fully saturated rings. The maximum absolute atomic E-state index is 12.0. The van der Waals surface area contributed by atoms with Crippen molar-refractivity contribution in [2.75, 3.05) is 6.54 Å². The van der Waals surface area contributed by atoms with Crippen LogP contribution in [0.3, 0.4) is 0 Å². The molecule has 5 heteroatoms. The molecule has 1 amide bonds. The van der Waals surface area contributed by atoms with Gasteiger partial charge in [-0.3, -0.25) is 4.79 Å². The third-order valence-corrected chi connectivity index (χ3v) is 2.63. The van der Waals surface area contributed by atoms with Crippen LogP contribution in [0.1, 0.15) is 37.6 Å². The van der Waals surface area contributed by atoms with Crippen LogP contribution in [0.15, 0.2) is 18.2 Å². The Balaban J connectivity index is 2.78. The normalized spacial score (nSPS) is 12.3. The van der Waals surface area contributed by atoms with Crippen molar-refractivity contribution in [3.05, 3.63) is 28.8 Å². The summed E-state index contributed by atoms with van der Waals surface area (Å²) in [5.74, 6) is 0.257. The van der Waals surface area contributed by atoms with Crippen LogP contribution in [-0.2, 0) is 0 Å². The maximum atomic E-state index is 12.0. The van der Waals surface area contributed by atoms with Gasteiger partial charge in [0, 0.05) is 11.6 Å². The molecule has 0 bridgehead atoms. The predicted molar refractivity (Wildman–Crippen MR) is 75.8 cm³/mol. The van der Waals surface area contributed by atoms with Crippen molar-refractivity contribution in [2.24, 2.45) is 0 Å². The van der Waals surface area contributed by atoms with Gasteiger partial charge in [0.15, 0.2) is 0 Å². The monoisotopic (exact) mass is 285 g/mol. The van der Waals surface area contributed by atoms with Crippen molar-refractivity contribution in [3.63, 3.8) is 0 Å². The zero-order valence-corrected chi connectivity index (χ0v) is 12.2. The highest BCUT2D eigenvalue weighted by molar-refractivity contribution is 6.31. The third-order valence-electron chi connectivity index (χ3n) is 2.40. The van der Waals surface area contributed by atoms with Crippen LogP contribution < -0.4 is 10.1 Å². The predicted octanol–water partition coefficient (Wildman–Crippen LogP) is 2.63. The molecule has 1 aromatic rings. The van der Waals surface area contributed by atoms with Gasteiger partial charge in [0.05, 0.1) is 17.8 Å². The lowest BCUT2D eigenvalue weighted by molar-refractivity contribution is 0.0940. The highest BCUT2D eigenvalue weighted by Gasteiger charge is 2.14.